The SMILES string of the molecule is CCOC(=O)C[C@]1(O)CC2(N3CCCC3)C[C@@H](c3ccccc3)C1[C@H](c1ccccc1)C2. The van der Waals surface area contributed by atoms with E-state index in [9.17, 15) is 9.90 Å². The Balaban J connectivity index is 1.63. The molecule has 0 unspecified atom stereocenters. The molecule has 2 aromatic carbocycles. The van der Waals surface area contributed by atoms with E-state index >= 15 is 0 Å². The van der Waals surface area contributed by atoms with E-state index in [1.807, 2.05) is 6.92 Å². The highest BCUT2D eigenvalue weighted by molar-refractivity contribution is 5.71. The molecule has 4 fully saturated rings. The number of carbonyl (C=O) groups is 1. The number of likely N-dealkylation sites (tertiary alicyclic amines) is 1. The van der Waals surface area contributed by atoms with Crippen LogP contribution in [0, 0.1) is 5.92 Å². The molecule has 0 spiro atoms. The van der Waals surface area contributed by atoms with Gasteiger partial charge in [0.15, 0.2) is 0 Å². The van der Waals surface area contributed by atoms with Gasteiger partial charge in [0.2, 0.25) is 0 Å². The molecule has 0 amide bonds. The summed E-state index contributed by atoms with van der Waals surface area (Å²) in [7, 11) is 0. The van der Waals surface area contributed by atoms with Gasteiger partial charge in [0.1, 0.15) is 0 Å². The molecule has 4 nitrogen and oxygen atoms in total. The summed E-state index contributed by atoms with van der Waals surface area (Å²) in [4.78, 5) is 15.4. The lowest BCUT2D eigenvalue weighted by molar-refractivity contribution is -0.181. The minimum atomic E-state index is -1.08. The van der Waals surface area contributed by atoms with Crippen LogP contribution in [-0.2, 0) is 9.53 Å². The topological polar surface area (TPSA) is 49.8 Å². The lowest BCUT2D eigenvalue weighted by atomic mass is 9.47. The van der Waals surface area contributed by atoms with Crippen LogP contribution in [0.15, 0.2) is 60.7 Å². The molecule has 1 aliphatic heterocycles. The number of aliphatic hydroxyl groups is 1. The average Bonchev–Trinajstić information content (AvgIpc) is 3.36. The molecule has 4 heteroatoms. The summed E-state index contributed by atoms with van der Waals surface area (Å²) in [5.41, 5.74) is 1.40. The molecule has 1 saturated heterocycles. The molecule has 4 aliphatic rings. The fourth-order valence-corrected chi connectivity index (χ4v) is 7.27. The molecular weight excluding hydrogens is 398 g/mol. The summed E-state index contributed by atoms with van der Waals surface area (Å²) in [6, 6.07) is 21.3. The van der Waals surface area contributed by atoms with Gasteiger partial charge >= 0.3 is 5.97 Å². The Hall–Kier alpha value is -2.17. The number of carbonyl (C=O) groups excluding carboxylic acids is 1. The summed E-state index contributed by atoms with van der Waals surface area (Å²) in [6.07, 6.45) is 5.27. The van der Waals surface area contributed by atoms with Crippen LogP contribution in [0.2, 0.25) is 0 Å². The fraction of sp³-hybridized carbons (Fsp3) is 0.536. The van der Waals surface area contributed by atoms with Crippen LogP contribution in [0.25, 0.3) is 0 Å². The van der Waals surface area contributed by atoms with Gasteiger partial charge < -0.3 is 9.84 Å². The van der Waals surface area contributed by atoms with Gasteiger partial charge in [-0.05, 0) is 75.1 Å². The molecule has 0 radical (unpaired) electrons. The molecule has 3 saturated carbocycles. The number of esters is 1. The Morgan fingerprint density at radius 1 is 0.969 bits per heavy atom. The van der Waals surface area contributed by atoms with Gasteiger partial charge in [-0.1, -0.05) is 60.7 Å². The van der Waals surface area contributed by atoms with E-state index in [-0.39, 0.29) is 35.7 Å². The lowest BCUT2D eigenvalue weighted by Crippen LogP contribution is -2.67. The van der Waals surface area contributed by atoms with Crippen LogP contribution in [0.3, 0.4) is 0 Å². The van der Waals surface area contributed by atoms with Gasteiger partial charge in [-0.15, -0.1) is 0 Å². The molecule has 2 aromatic rings. The molecule has 1 heterocycles. The number of fused-ring (bicyclic) bond motifs is 3. The number of benzene rings is 2. The molecule has 32 heavy (non-hydrogen) atoms. The number of hydrogen-bond acceptors (Lipinski definition) is 4. The predicted molar refractivity (Wildman–Crippen MR) is 125 cm³/mol. The summed E-state index contributed by atoms with van der Waals surface area (Å²) in [5, 5.41) is 12.3. The molecule has 0 aromatic heterocycles. The number of hydrogen-bond donors (Lipinski definition) is 1. The Morgan fingerprint density at radius 2 is 1.50 bits per heavy atom. The Morgan fingerprint density at radius 3 is 2.00 bits per heavy atom. The van der Waals surface area contributed by atoms with E-state index in [4.69, 9.17) is 4.74 Å². The zero-order chi connectivity index (χ0) is 22.2. The summed E-state index contributed by atoms with van der Waals surface area (Å²) in [5.74, 6) is 0.131. The lowest BCUT2D eigenvalue weighted by Gasteiger charge is -2.64. The van der Waals surface area contributed by atoms with Crippen molar-refractivity contribution < 1.29 is 14.6 Å². The minimum absolute atomic E-state index is 0.0128. The number of rotatable bonds is 6. The normalized spacial score (nSPS) is 34.5. The van der Waals surface area contributed by atoms with Crippen LogP contribution < -0.4 is 0 Å². The maximum absolute atomic E-state index is 12.7. The highest BCUT2D eigenvalue weighted by atomic mass is 16.5. The fourth-order valence-electron chi connectivity index (χ4n) is 7.27. The largest absolute Gasteiger partial charge is 0.466 e. The van der Waals surface area contributed by atoms with Crippen molar-refractivity contribution in [3.8, 4) is 0 Å². The Labute approximate surface area is 191 Å². The van der Waals surface area contributed by atoms with E-state index in [0.29, 0.717) is 13.0 Å². The first-order chi connectivity index (χ1) is 15.5. The Bertz CT molecular complexity index is 875. The summed E-state index contributed by atoms with van der Waals surface area (Å²) >= 11 is 0. The third-order valence-corrected chi connectivity index (χ3v) is 8.31. The zero-order valence-corrected chi connectivity index (χ0v) is 19.1. The van der Waals surface area contributed by atoms with Crippen molar-refractivity contribution in [3.05, 3.63) is 71.8 Å². The van der Waals surface area contributed by atoms with Crippen LogP contribution in [0.1, 0.15) is 68.4 Å². The van der Waals surface area contributed by atoms with E-state index in [0.717, 1.165) is 25.9 Å². The quantitative estimate of drug-likeness (QED) is 0.659. The second-order valence-electron chi connectivity index (χ2n) is 10.1. The van der Waals surface area contributed by atoms with Crippen molar-refractivity contribution in [1.29, 1.82) is 0 Å². The molecule has 2 bridgehead atoms. The van der Waals surface area contributed by atoms with Gasteiger partial charge in [-0.3, -0.25) is 9.69 Å². The van der Waals surface area contributed by atoms with Crippen molar-refractivity contribution >= 4 is 5.97 Å². The second kappa shape index (κ2) is 8.64. The minimum Gasteiger partial charge on any atom is -0.466 e. The first-order valence-electron chi connectivity index (χ1n) is 12.3. The van der Waals surface area contributed by atoms with E-state index in [1.165, 1.54) is 24.0 Å². The van der Waals surface area contributed by atoms with Gasteiger partial charge in [-0.2, -0.15) is 0 Å². The average molecular weight is 434 g/mol. The maximum atomic E-state index is 12.7. The molecule has 6 rings (SSSR count). The molecule has 3 aliphatic carbocycles. The van der Waals surface area contributed by atoms with Crippen molar-refractivity contribution in [3.63, 3.8) is 0 Å². The van der Waals surface area contributed by atoms with Gasteiger partial charge in [0, 0.05) is 11.5 Å². The zero-order valence-electron chi connectivity index (χ0n) is 19.1. The highest BCUT2D eigenvalue weighted by Crippen LogP contribution is 2.64. The van der Waals surface area contributed by atoms with Crippen molar-refractivity contribution in [2.45, 2.75) is 68.4 Å². The smallest absolute Gasteiger partial charge is 0.308 e. The summed E-state index contributed by atoms with van der Waals surface area (Å²) in [6.45, 7) is 4.35. The van der Waals surface area contributed by atoms with Crippen molar-refractivity contribution in [1.82, 2.24) is 4.90 Å². The standard InChI is InChI=1S/C28H35NO3/c1-2-32-25(30)19-28(31)20-27(29-15-9-10-16-29)17-23(21-11-5-3-6-12-21)26(28)24(18-27)22-13-7-4-8-14-22/h3-8,11-14,23-24,26,31H,2,9-10,15-20H2,1H3/t23-,24-,26?,27?,28-/m0/s1. The maximum Gasteiger partial charge on any atom is 0.308 e. The Kier molecular flexibility index (Phi) is 5.85. The van der Waals surface area contributed by atoms with Gasteiger partial charge in [-0.25, -0.2) is 0 Å². The first-order valence-corrected chi connectivity index (χ1v) is 12.3. The number of ether oxygens (including phenoxy) is 1. The second-order valence-corrected chi connectivity index (χ2v) is 10.1. The number of nitrogens with zero attached hydrogens (tertiary/aromatic N) is 1. The monoisotopic (exact) mass is 433 g/mol. The van der Waals surface area contributed by atoms with E-state index in [1.54, 1.807) is 0 Å². The highest BCUT2D eigenvalue weighted by Gasteiger charge is 2.64. The van der Waals surface area contributed by atoms with Crippen LogP contribution in [0.5, 0.6) is 0 Å². The van der Waals surface area contributed by atoms with E-state index in [2.05, 4.69) is 65.6 Å². The molecule has 3 atom stereocenters. The molecule has 170 valence electrons. The van der Waals surface area contributed by atoms with Crippen molar-refractivity contribution in [2.24, 2.45) is 5.92 Å². The van der Waals surface area contributed by atoms with Gasteiger partial charge in [0.25, 0.3) is 0 Å². The van der Waals surface area contributed by atoms with Crippen LogP contribution in [0.4, 0.5) is 0 Å². The third kappa shape index (κ3) is 3.78. The molecular formula is C28H35NO3. The van der Waals surface area contributed by atoms with Crippen LogP contribution >= 0.6 is 0 Å². The van der Waals surface area contributed by atoms with E-state index < -0.39 is 5.60 Å². The van der Waals surface area contributed by atoms with Crippen molar-refractivity contribution in [2.75, 3.05) is 19.7 Å². The third-order valence-electron chi connectivity index (χ3n) is 8.31. The predicted octanol–water partition coefficient (Wildman–Crippen LogP) is 4.89. The van der Waals surface area contributed by atoms with Gasteiger partial charge in [0.05, 0.1) is 18.6 Å². The first kappa shape index (κ1) is 21.7. The summed E-state index contributed by atoms with van der Waals surface area (Å²) < 4.78 is 5.35. The van der Waals surface area contributed by atoms with Crippen LogP contribution in [-0.4, -0.2) is 46.8 Å². The molecule has 1 N–H and O–H groups in total.